The molecule has 0 saturated carbocycles. The van der Waals surface area contributed by atoms with E-state index >= 15 is 0 Å². The molecule has 0 bridgehead atoms. The lowest BCUT2D eigenvalue weighted by Gasteiger charge is -2.14. The Hall–Kier alpha value is -3.13. The van der Waals surface area contributed by atoms with Gasteiger partial charge in [0.15, 0.2) is 17.7 Å². The number of carbonyl (C=O) groups excluding carboxylic acids is 2. The average Bonchev–Trinajstić information content (AvgIpc) is 2.95. The fourth-order valence-electron chi connectivity index (χ4n) is 2.41. The van der Waals surface area contributed by atoms with Crippen LogP contribution in [0.25, 0.3) is 0 Å². The predicted octanol–water partition coefficient (Wildman–Crippen LogP) is 1.20. The van der Waals surface area contributed by atoms with Crippen molar-refractivity contribution >= 4 is 11.9 Å². The van der Waals surface area contributed by atoms with E-state index in [-0.39, 0.29) is 11.5 Å². The lowest BCUT2D eigenvalue weighted by Crippen LogP contribution is -2.40. The Morgan fingerprint density at radius 2 is 1.92 bits per heavy atom. The molecule has 8 heteroatoms. The summed E-state index contributed by atoms with van der Waals surface area (Å²) in [5.74, 6) is -0.210. The lowest BCUT2D eigenvalue weighted by atomic mass is 10.1. The summed E-state index contributed by atoms with van der Waals surface area (Å²) in [6.07, 6.45) is 2.20. The lowest BCUT2D eigenvalue weighted by molar-refractivity contribution is 0.0260. The maximum atomic E-state index is 12.1. The van der Waals surface area contributed by atoms with Gasteiger partial charge in [-0.25, -0.2) is 4.79 Å². The topological polar surface area (TPSA) is 98.8 Å². The van der Waals surface area contributed by atoms with Crippen LogP contribution in [0.2, 0.25) is 0 Å². The molecule has 0 saturated heterocycles. The number of hydrazine groups is 1. The molecule has 24 heavy (non-hydrogen) atoms. The molecule has 3 rings (SSSR count). The Kier molecular flexibility index (Phi) is 4.30. The Morgan fingerprint density at radius 3 is 2.58 bits per heavy atom. The molecule has 1 atom stereocenters. The number of fused-ring (bicyclic) bond motifs is 1. The van der Waals surface area contributed by atoms with Crippen LogP contribution in [0, 0.1) is 0 Å². The maximum absolute atomic E-state index is 12.1. The van der Waals surface area contributed by atoms with E-state index in [1.54, 1.807) is 24.3 Å². The van der Waals surface area contributed by atoms with Gasteiger partial charge in [-0.1, -0.05) is 0 Å². The molecule has 1 aliphatic heterocycles. The fraction of sp³-hybridized carbons (Fsp3) is 0.188. The first-order valence-electron chi connectivity index (χ1n) is 7.07. The molecule has 0 spiro atoms. The Morgan fingerprint density at radius 1 is 1.17 bits per heavy atom. The molecule has 2 heterocycles. The van der Waals surface area contributed by atoms with Gasteiger partial charge in [0.25, 0.3) is 5.91 Å². The quantitative estimate of drug-likeness (QED) is 0.628. The highest BCUT2D eigenvalue weighted by Gasteiger charge is 2.36. The van der Waals surface area contributed by atoms with Gasteiger partial charge in [-0.15, -0.1) is 0 Å². The number of carbonyl (C=O) groups is 2. The van der Waals surface area contributed by atoms with Crippen LogP contribution >= 0.6 is 0 Å². The molecule has 1 aliphatic rings. The number of esters is 1. The highest BCUT2D eigenvalue weighted by Crippen LogP contribution is 2.40. The van der Waals surface area contributed by atoms with Crippen LogP contribution in [0.4, 0.5) is 0 Å². The van der Waals surface area contributed by atoms with E-state index in [1.165, 1.54) is 26.6 Å². The molecular weight excluding hydrogens is 314 g/mol. The van der Waals surface area contributed by atoms with Crippen molar-refractivity contribution < 1.29 is 23.8 Å². The molecule has 1 aromatic carbocycles. The van der Waals surface area contributed by atoms with Crippen molar-refractivity contribution in [3.8, 4) is 11.5 Å². The van der Waals surface area contributed by atoms with Gasteiger partial charge in [0.05, 0.1) is 14.2 Å². The van der Waals surface area contributed by atoms with E-state index in [0.29, 0.717) is 22.6 Å². The minimum Gasteiger partial charge on any atom is -0.493 e. The van der Waals surface area contributed by atoms with Crippen molar-refractivity contribution in [2.75, 3.05) is 14.2 Å². The Balaban J connectivity index is 1.79. The van der Waals surface area contributed by atoms with Crippen molar-refractivity contribution in [2.45, 2.75) is 6.23 Å². The summed E-state index contributed by atoms with van der Waals surface area (Å²) in [7, 11) is 2.92. The SMILES string of the molecule is COc1ccc2c(c1OC)C(=O)O[C@@H]2NNC(=O)c1ccncc1. The summed E-state index contributed by atoms with van der Waals surface area (Å²) in [5, 5.41) is 0. The molecule has 0 radical (unpaired) electrons. The van der Waals surface area contributed by atoms with Crippen molar-refractivity contribution in [1.82, 2.24) is 15.8 Å². The van der Waals surface area contributed by atoms with Crippen molar-refractivity contribution in [3.05, 3.63) is 53.3 Å². The fourth-order valence-corrected chi connectivity index (χ4v) is 2.41. The van der Waals surface area contributed by atoms with Gasteiger partial charge in [-0.2, -0.15) is 5.43 Å². The van der Waals surface area contributed by atoms with Crippen molar-refractivity contribution in [2.24, 2.45) is 0 Å². The van der Waals surface area contributed by atoms with Gasteiger partial charge in [0, 0.05) is 23.5 Å². The summed E-state index contributed by atoms with van der Waals surface area (Å²) in [6.45, 7) is 0. The van der Waals surface area contributed by atoms with Crippen LogP contribution in [0.1, 0.15) is 32.5 Å². The molecule has 124 valence electrons. The van der Waals surface area contributed by atoms with Gasteiger partial charge in [-0.05, 0) is 24.3 Å². The first-order chi connectivity index (χ1) is 11.7. The summed E-state index contributed by atoms with van der Waals surface area (Å²) in [6, 6.07) is 6.48. The van der Waals surface area contributed by atoms with Crippen LogP contribution in [0.15, 0.2) is 36.7 Å². The molecule has 8 nitrogen and oxygen atoms in total. The summed E-state index contributed by atoms with van der Waals surface area (Å²) >= 11 is 0. The molecule has 2 N–H and O–H groups in total. The number of nitrogens with zero attached hydrogens (tertiary/aromatic N) is 1. The second kappa shape index (κ2) is 6.55. The Labute approximate surface area is 137 Å². The van der Waals surface area contributed by atoms with Gasteiger partial charge >= 0.3 is 5.97 Å². The van der Waals surface area contributed by atoms with Gasteiger partial charge < -0.3 is 14.2 Å². The number of cyclic esters (lactones) is 1. The number of aromatic nitrogens is 1. The molecule has 1 aromatic heterocycles. The van der Waals surface area contributed by atoms with Gasteiger partial charge in [0.1, 0.15) is 5.56 Å². The number of pyridine rings is 1. The number of hydrogen-bond donors (Lipinski definition) is 2. The van der Waals surface area contributed by atoms with Gasteiger partial charge in [0.2, 0.25) is 0 Å². The number of hydrogen-bond acceptors (Lipinski definition) is 7. The number of nitrogens with one attached hydrogen (secondary N) is 2. The highest BCUT2D eigenvalue weighted by molar-refractivity contribution is 5.98. The van der Waals surface area contributed by atoms with Crippen LogP contribution in [-0.2, 0) is 4.74 Å². The summed E-state index contributed by atoms with van der Waals surface area (Å²) < 4.78 is 15.7. The monoisotopic (exact) mass is 329 g/mol. The summed E-state index contributed by atoms with van der Waals surface area (Å²) in [4.78, 5) is 28.0. The third-order valence-electron chi connectivity index (χ3n) is 3.55. The second-order valence-corrected chi connectivity index (χ2v) is 4.88. The zero-order valence-electron chi connectivity index (χ0n) is 13.0. The smallest absolute Gasteiger partial charge is 0.344 e. The van der Waals surface area contributed by atoms with Crippen LogP contribution in [0.5, 0.6) is 11.5 Å². The van der Waals surface area contributed by atoms with Crippen LogP contribution in [0.3, 0.4) is 0 Å². The van der Waals surface area contributed by atoms with Crippen LogP contribution in [-0.4, -0.2) is 31.1 Å². The molecular formula is C16H15N3O5. The molecule has 2 aromatic rings. The van der Waals surface area contributed by atoms with E-state index in [0.717, 1.165) is 0 Å². The van der Waals surface area contributed by atoms with Crippen molar-refractivity contribution in [3.63, 3.8) is 0 Å². The molecule has 1 amide bonds. The standard InChI is InChI=1S/C16H15N3O5/c1-22-11-4-3-10-12(13(11)23-2)16(21)24-15(10)19-18-14(20)9-5-7-17-8-6-9/h3-8,15,19H,1-2H3,(H,18,20)/t15-/m0/s1. The first kappa shape index (κ1) is 15.8. The molecule has 0 unspecified atom stereocenters. The maximum Gasteiger partial charge on any atom is 0.344 e. The number of amides is 1. The minimum absolute atomic E-state index is 0.271. The van der Waals surface area contributed by atoms with Crippen LogP contribution < -0.4 is 20.3 Å². The second-order valence-electron chi connectivity index (χ2n) is 4.88. The molecule has 0 fully saturated rings. The Bertz CT molecular complexity index is 779. The number of ether oxygens (including phenoxy) is 3. The normalized spacial score (nSPS) is 15.4. The molecule has 0 aliphatic carbocycles. The summed E-state index contributed by atoms with van der Waals surface area (Å²) in [5.41, 5.74) is 6.44. The van der Waals surface area contributed by atoms with Gasteiger partial charge in [-0.3, -0.25) is 15.2 Å². The van der Waals surface area contributed by atoms with Crippen molar-refractivity contribution in [1.29, 1.82) is 0 Å². The van der Waals surface area contributed by atoms with E-state index in [4.69, 9.17) is 14.2 Å². The number of methoxy groups -OCH3 is 2. The minimum atomic E-state index is -0.821. The predicted molar refractivity (Wildman–Crippen MR) is 82.5 cm³/mol. The van der Waals surface area contributed by atoms with E-state index < -0.39 is 12.2 Å². The highest BCUT2D eigenvalue weighted by atomic mass is 16.6. The van der Waals surface area contributed by atoms with E-state index in [2.05, 4.69) is 15.8 Å². The zero-order chi connectivity index (χ0) is 17.1. The number of rotatable bonds is 5. The third-order valence-corrected chi connectivity index (χ3v) is 3.55. The first-order valence-corrected chi connectivity index (χ1v) is 7.07. The average molecular weight is 329 g/mol. The third kappa shape index (κ3) is 2.74. The van der Waals surface area contributed by atoms with E-state index in [1.807, 2.05) is 0 Å². The number of benzene rings is 1. The largest absolute Gasteiger partial charge is 0.493 e. The van der Waals surface area contributed by atoms with E-state index in [9.17, 15) is 9.59 Å². The zero-order valence-corrected chi connectivity index (χ0v) is 13.0.